The van der Waals surface area contributed by atoms with E-state index in [9.17, 15) is 9.59 Å². The maximum atomic E-state index is 12.9. The minimum atomic E-state index is -0.620. The molecule has 1 saturated heterocycles. The summed E-state index contributed by atoms with van der Waals surface area (Å²) < 4.78 is 11.2. The van der Waals surface area contributed by atoms with Gasteiger partial charge in [0, 0.05) is 29.8 Å². The zero-order chi connectivity index (χ0) is 25.4. The molecule has 3 rings (SSSR count). The van der Waals surface area contributed by atoms with Crippen LogP contribution < -0.4 is 15.4 Å². The number of thiocarbonyl (C=S) groups is 1. The molecule has 0 aliphatic carbocycles. The predicted molar refractivity (Wildman–Crippen MR) is 142 cm³/mol. The summed E-state index contributed by atoms with van der Waals surface area (Å²) in [6.45, 7) is 10.6. The zero-order valence-electron chi connectivity index (χ0n) is 21.0. The molecule has 0 saturated carbocycles. The fourth-order valence-electron chi connectivity index (χ4n) is 3.79. The van der Waals surface area contributed by atoms with Gasteiger partial charge in [0.05, 0.1) is 19.8 Å². The van der Waals surface area contributed by atoms with Crippen LogP contribution in [0.5, 0.6) is 5.75 Å². The summed E-state index contributed by atoms with van der Waals surface area (Å²) in [6.07, 6.45) is 1.38. The minimum absolute atomic E-state index is 0.0453. The molecule has 2 amide bonds. The summed E-state index contributed by atoms with van der Waals surface area (Å²) in [5.74, 6) is 0.672. The molecule has 1 aliphatic rings. The van der Waals surface area contributed by atoms with Crippen molar-refractivity contribution in [1.29, 1.82) is 0 Å². The van der Waals surface area contributed by atoms with E-state index in [1.807, 2.05) is 45.9 Å². The number of nitrogens with zero attached hydrogens (tertiary/aromatic N) is 1. The van der Waals surface area contributed by atoms with Gasteiger partial charge in [-0.25, -0.2) is 0 Å². The number of anilines is 1. The molecule has 0 aromatic heterocycles. The third-order valence-corrected chi connectivity index (χ3v) is 6.26. The second-order valence-electron chi connectivity index (χ2n) is 9.50. The molecule has 1 aliphatic heterocycles. The van der Waals surface area contributed by atoms with Gasteiger partial charge in [-0.15, -0.1) is 0 Å². The van der Waals surface area contributed by atoms with Crippen LogP contribution in [0.1, 0.15) is 48.2 Å². The maximum Gasteiger partial charge on any atom is 0.254 e. The van der Waals surface area contributed by atoms with Crippen molar-refractivity contribution in [1.82, 2.24) is 10.2 Å². The number of hydrogen-bond donors (Lipinski definition) is 2. The van der Waals surface area contributed by atoms with Crippen LogP contribution in [0.3, 0.4) is 0 Å². The van der Waals surface area contributed by atoms with Crippen molar-refractivity contribution >= 4 is 34.8 Å². The predicted octanol–water partition coefficient (Wildman–Crippen LogP) is 4.47. The number of morpholine rings is 1. The van der Waals surface area contributed by atoms with Gasteiger partial charge in [0.1, 0.15) is 5.75 Å². The van der Waals surface area contributed by atoms with E-state index < -0.39 is 5.41 Å². The highest BCUT2D eigenvalue weighted by molar-refractivity contribution is 7.80. The molecule has 1 fully saturated rings. The average molecular weight is 498 g/mol. The first kappa shape index (κ1) is 26.6. The third-order valence-electron chi connectivity index (χ3n) is 6.05. The lowest BCUT2D eigenvalue weighted by atomic mass is 9.87. The number of aryl methyl sites for hydroxylation is 2. The molecule has 7 nitrogen and oxygen atoms in total. The summed E-state index contributed by atoms with van der Waals surface area (Å²) in [4.78, 5) is 27.4. The first-order valence-corrected chi connectivity index (χ1v) is 12.4. The van der Waals surface area contributed by atoms with Crippen LogP contribution >= 0.6 is 12.2 Å². The Morgan fingerprint density at radius 2 is 1.86 bits per heavy atom. The molecule has 0 unspecified atom stereocenters. The number of amides is 2. The molecule has 8 heteroatoms. The topological polar surface area (TPSA) is 79.9 Å². The monoisotopic (exact) mass is 497 g/mol. The summed E-state index contributed by atoms with van der Waals surface area (Å²) in [5.41, 5.74) is 2.84. The standard InChI is InChI=1S/C27H35N3O4S/c1-19-9-10-20(2)23(17-19)34-14-6-11-27(3,4)25(32)29-26(35)28-22-8-5-7-21(18-22)24(31)30-12-15-33-16-13-30/h5,7-10,17-18H,6,11-16H2,1-4H3,(H2,28,29,32,35). The van der Waals surface area contributed by atoms with E-state index in [1.165, 1.54) is 0 Å². The van der Waals surface area contributed by atoms with Crippen LogP contribution in [-0.2, 0) is 9.53 Å². The zero-order valence-corrected chi connectivity index (χ0v) is 21.8. The van der Waals surface area contributed by atoms with Crippen molar-refractivity contribution in [2.75, 3.05) is 38.2 Å². The van der Waals surface area contributed by atoms with Gasteiger partial charge in [0.25, 0.3) is 5.91 Å². The van der Waals surface area contributed by atoms with E-state index in [4.69, 9.17) is 21.7 Å². The highest BCUT2D eigenvalue weighted by Gasteiger charge is 2.28. The average Bonchev–Trinajstić information content (AvgIpc) is 2.84. The number of benzene rings is 2. The Labute approximate surface area is 213 Å². The Morgan fingerprint density at radius 1 is 1.11 bits per heavy atom. The van der Waals surface area contributed by atoms with E-state index in [2.05, 4.69) is 16.7 Å². The van der Waals surface area contributed by atoms with Crippen LogP contribution in [0.25, 0.3) is 0 Å². The molecule has 0 bridgehead atoms. The number of carbonyl (C=O) groups is 2. The molecule has 1 heterocycles. The maximum absolute atomic E-state index is 12.9. The molecule has 2 N–H and O–H groups in total. The molecule has 0 atom stereocenters. The number of carbonyl (C=O) groups excluding carboxylic acids is 2. The fourth-order valence-corrected chi connectivity index (χ4v) is 4.00. The number of hydrogen-bond acceptors (Lipinski definition) is 5. The summed E-state index contributed by atoms with van der Waals surface area (Å²) in [7, 11) is 0. The molecular weight excluding hydrogens is 462 g/mol. The first-order valence-electron chi connectivity index (χ1n) is 12.0. The van der Waals surface area contributed by atoms with Gasteiger partial charge in [-0.1, -0.05) is 32.0 Å². The third kappa shape index (κ3) is 7.77. The highest BCUT2D eigenvalue weighted by Crippen LogP contribution is 2.24. The summed E-state index contributed by atoms with van der Waals surface area (Å²) in [6, 6.07) is 13.3. The molecule has 188 valence electrons. The van der Waals surface area contributed by atoms with Gasteiger partial charge in [-0.2, -0.15) is 0 Å². The van der Waals surface area contributed by atoms with Gasteiger partial charge < -0.3 is 25.0 Å². The number of rotatable bonds is 8. The van der Waals surface area contributed by atoms with Crippen LogP contribution in [0.4, 0.5) is 5.69 Å². The lowest BCUT2D eigenvalue weighted by Crippen LogP contribution is -2.42. The number of ether oxygens (including phenoxy) is 2. The normalized spacial score (nSPS) is 13.8. The smallest absolute Gasteiger partial charge is 0.254 e. The summed E-state index contributed by atoms with van der Waals surface area (Å²) >= 11 is 5.36. The van der Waals surface area contributed by atoms with Gasteiger partial charge in [-0.05, 0) is 74.3 Å². The van der Waals surface area contributed by atoms with Crippen LogP contribution in [0, 0.1) is 19.3 Å². The van der Waals surface area contributed by atoms with E-state index in [-0.39, 0.29) is 16.9 Å². The van der Waals surface area contributed by atoms with Gasteiger partial charge in [0.15, 0.2) is 5.11 Å². The SMILES string of the molecule is Cc1ccc(C)c(OCCCC(C)(C)C(=O)NC(=S)Nc2cccc(C(=O)N3CCOCC3)c2)c1. The molecule has 2 aromatic carbocycles. The molecule has 2 aromatic rings. The second-order valence-corrected chi connectivity index (χ2v) is 9.91. The van der Waals surface area contributed by atoms with E-state index in [0.717, 1.165) is 23.3 Å². The molecular formula is C27H35N3O4S. The Balaban J connectivity index is 1.47. The Morgan fingerprint density at radius 3 is 2.60 bits per heavy atom. The molecule has 0 radical (unpaired) electrons. The van der Waals surface area contributed by atoms with Crippen molar-refractivity contribution in [2.24, 2.45) is 5.41 Å². The summed E-state index contributed by atoms with van der Waals surface area (Å²) in [5, 5.41) is 6.01. The van der Waals surface area contributed by atoms with Crippen LogP contribution in [0.2, 0.25) is 0 Å². The first-order chi connectivity index (χ1) is 16.7. The van der Waals surface area contributed by atoms with Crippen molar-refractivity contribution in [3.63, 3.8) is 0 Å². The van der Waals surface area contributed by atoms with Gasteiger partial charge in [0.2, 0.25) is 5.91 Å². The van der Waals surface area contributed by atoms with E-state index in [1.54, 1.807) is 23.1 Å². The quantitative estimate of drug-likeness (QED) is 0.414. The van der Waals surface area contributed by atoms with Gasteiger partial charge >= 0.3 is 0 Å². The minimum Gasteiger partial charge on any atom is -0.493 e. The largest absolute Gasteiger partial charge is 0.493 e. The van der Waals surface area contributed by atoms with E-state index in [0.29, 0.717) is 50.6 Å². The molecule has 35 heavy (non-hydrogen) atoms. The van der Waals surface area contributed by atoms with E-state index >= 15 is 0 Å². The van der Waals surface area contributed by atoms with Crippen LogP contribution in [-0.4, -0.2) is 54.7 Å². The Hall–Kier alpha value is -2.97. The van der Waals surface area contributed by atoms with Crippen molar-refractivity contribution in [3.8, 4) is 5.75 Å². The lowest BCUT2D eigenvalue weighted by molar-refractivity contribution is -0.128. The van der Waals surface area contributed by atoms with Gasteiger partial charge in [-0.3, -0.25) is 9.59 Å². The van der Waals surface area contributed by atoms with Crippen molar-refractivity contribution in [2.45, 2.75) is 40.5 Å². The Bertz CT molecular complexity index is 1060. The van der Waals surface area contributed by atoms with Crippen molar-refractivity contribution < 1.29 is 19.1 Å². The van der Waals surface area contributed by atoms with Crippen molar-refractivity contribution in [3.05, 3.63) is 59.2 Å². The Kier molecular flexibility index (Phi) is 9.23. The lowest BCUT2D eigenvalue weighted by Gasteiger charge is -2.27. The van der Waals surface area contributed by atoms with Crippen LogP contribution in [0.15, 0.2) is 42.5 Å². The molecule has 0 spiro atoms. The fraction of sp³-hybridized carbons (Fsp3) is 0.444. The number of nitrogens with one attached hydrogen (secondary N) is 2. The highest BCUT2D eigenvalue weighted by atomic mass is 32.1. The second kappa shape index (κ2) is 12.1.